The number of hydrogen-bond donors (Lipinski definition) is 3. The van der Waals surface area contributed by atoms with Crippen LogP contribution in [0.5, 0.6) is 0 Å². The molecular weight excluding hydrogens is 208 g/mol. The van der Waals surface area contributed by atoms with Gasteiger partial charge in [0.1, 0.15) is 0 Å². The van der Waals surface area contributed by atoms with Crippen LogP contribution in [0.4, 0.5) is 0 Å². The minimum absolute atomic E-state index is 0.00667. The van der Waals surface area contributed by atoms with Crippen molar-refractivity contribution in [3.63, 3.8) is 0 Å². The van der Waals surface area contributed by atoms with Crippen molar-refractivity contribution < 1.29 is 14.6 Å². The summed E-state index contributed by atoms with van der Waals surface area (Å²) in [5.41, 5.74) is 5.55. The number of nitrogens with two attached hydrogens (primary N) is 1. The molecule has 0 aliphatic rings. The lowest BCUT2D eigenvalue weighted by Gasteiger charge is -2.16. The Hall–Kier alpha value is -0.650. The molecular formula is C11H24N2O3. The molecule has 0 fully saturated rings. The molecule has 0 spiro atoms. The highest BCUT2D eigenvalue weighted by Crippen LogP contribution is 2.10. The quantitative estimate of drug-likeness (QED) is 0.478. The number of rotatable bonds is 9. The zero-order valence-electron chi connectivity index (χ0n) is 10.2. The Labute approximate surface area is 97.3 Å². The Kier molecular flexibility index (Phi) is 9.18. The molecule has 0 aromatic carbocycles. The zero-order chi connectivity index (χ0) is 12.4. The van der Waals surface area contributed by atoms with Crippen molar-refractivity contribution in [1.29, 1.82) is 0 Å². The van der Waals surface area contributed by atoms with Gasteiger partial charge in [0, 0.05) is 13.1 Å². The van der Waals surface area contributed by atoms with Gasteiger partial charge >= 0.3 is 0 Å². The van der Waals surface area contributed by atoms with Crippen molar-refractivity contribution in [1.82, 2.24) is 5.32 Å². The van der Waals surface area contributed by atoms with Crippen molar-refractivity contribution in [2.75, 3.05) is 32.9 Å². The van der Waals surface area contributed by atoms with Gasteiger partial charge in [-0.3, -0.25) is 4.79 Å². The van der Waals surface area contributed by atoms with Crippen LogP contribution in [-0.2, 0) is 9.53 Å². The van der Waals surface area contributed by atoms with Gasteiger partial charge in [0.2, 0.25) is 5.91 Å². The zero-order valence-corrected chi connectivity index (χ0v) is 10.2. The molecule has 4 N–H and O–H groups in total. The highest BCUT2D eigenvalue weighted by atomic mass is 16.5. The highest BCUT2D eigenvalue weighted by Gasteiger charge is 2.17. The van der Waals surface area contributed by atoms with E-state index in [1.807, 2.05) is 0 Å². The molecule has 96 valence electrons. The molecule has 16 heavy (non-hydrogen) atoms. The average Bonchev–Trinajstić information content (AvgIpc) is 2.25. The van der Waals surface area contributed by atoms with Crippen LogP contribution in [0.2, 0.25) is 0 Å². The molecule has 0 aromatic rings. The maximum absolute atomic E-state index is 11.6. The molecule has 0 saturated heterocycles. The highest BCUT2D eigenvalue weighted by molar-refractivity contribution is 5.78. The summed E-state index contributed by atoms with van der Waals surface area (Å²) in [6, 6.07) is 0. The van der Waals surface area contributed by atoms with Gasteiger partial charge in [0.15, 0.2) is 0 Å². The van der Waals surface area contributed by atoms with Crippen LogP contribution in [0.25, 0.3) is 0 Å². The predicted octanol–water partition coefficient (Wildman–Crippen LogP) is -0.267. The molecule has 1 amide bonds. The van der Waals surface area contributed by atoms with E-state index in [4.69, 9.17) is 15.6 Å². The summed E-state index contributed by atoms with van der Waals surface area (Å²) in [4.78, 5) is 11.6. The van der Waals surface area contributed by atoms with E-state index in [0.717, 1.165) is 6.42 Å². The third-order valence-corrected chi connectivity index (χ3v) is 2.19. The summed E-state index contributed by atoms with van der Waals surface area (Å²) >= 11 is 0. The SMILES string of the molecule is CC(C)CC(CN)C(=O)NCCOCCO. The maximum atomic E-state index is 11.6. The van der Waals surface area contributed by atoms with Gasteiger partial charge < -0.3 is 20.9 Å². The average molecular weight is 232 g/mol. The Bertz CT molecular complexity index is 186. The van der Waals surface area contributed by atoms with Crippen molar-refractivity contribution in [3.05, 3.63) is 0 Å². The molecule has 0 rings (SSSR count). The van der Waals surface area contributed by atoms with Crippen LogP contribution in [-0.4, -0.2) is 43.9 Å². The Morgan fingerprint density at radius 2 is 2.12 bits per heavy atom. The molecule has 5 heteroatoms. The monoisotopic (exact) mass is 232 g/mol. The van der Waals surface area contributed by atoms with E-state index in [0.29, 0.717) is 32.2 Å². The van der Waals surface area contributed by atoms with Crippen LogP contribution in [0.1, 0.15) is 20.3 Å². The fraction of sp³-hybridized carbons (Fsp3) is 0.909. The molecule has 5 nitrogen and oxygen atoms in total. The largest absolute Gasteiger partial charge is 0.394 e. The van der Waals surface area contributed by atoms with E-state index in [2.05, 4.69) is 19.2 Å². The molecule has 0 saturated carbocycles. The second-order valence-corrected chi connectivity index (χ2v) is 4.19. The van der Waals surface area contributed by atoms with Crippen LogP contribution >= 0.6 is 0 Å². The minimum atomic E-state index is -0.113. The van der Waals surface area contributed by atoms with Crippen LogP contribution < -0.4 is 11.1 Å². The van der Waals surface area contributed by atoms with Crippen LogP contribution in [0.15, 0.2) is 0 Å². The summed E-state index contributed by atoms with van der Waals surface area (Å²) < 4.78 is 5.03. The van der Waals surface area contributed by atoms with E-state index in [1.54, 1.807) is 0 Å². The number of aliphatic hydroxyl groups is 1. The first-order valence-electron chi connectivity index (χ1n) is 5.78. The van der Waals surface area contributed by atoms with E-state index in [1.165, 1.54) is 0 Å². The number of aliphatic hydroxyl groups excluding tert-OH is 1. The third-order valence-electron chi connectivity index (χ3n) is 2.19. The molecule has 0 bridgehead atoms. The second-order valence-electron chi connectivity index (χ2n) is 4.19. The van der Waals surface area contributed by atoms with Crippen molar-refractivity contribution in [2.24, 2.45) is 17.6 Å². The lowest BCUT2D eigenvalue weighted by Crippen LogP contribution is -2.37. The third kappa shape index (κ3) is 7.62. The van der Waals surface area contributed by atoms with Gasteiger partial charge in [-0.25, -0.2) is 0 Å². The van der Waals surface area contributed by atoms with Crippen molar-refractivity contribution in [3.8, 4) is 0 Å². The summed E-state index contributed by atoms with van der Waals surface area (Å²) in [5.74, 6) is 0.339. The Balaban J connectivity index is 3.67. The number of carbonyl (C=O) groups is 1. The lowest BCUT2D eigenvalue weighted by molar-refractivity contribution is -0.125. The molecule has 1 atom stereocenters. The second kappa shape index (κ2) is 9.57. The van der Waals surface area contributed by atoms with E-state index >= 15 is 0 Å². The molecule has 0 heterocycles. The number of ether oxygens (including phenoxy) is 1. The van der Waals surface area contributed by atoms with E-state index < -0.39 is 0 Å². The normalized spacial score (nSPS) is 12.8. The Morgan fingerprint density at radius 1 is 1.44 bits per heavy atom. The van der Waals surface area contributed by atoms with Gasteiger partial charge in [-0.05, 0) is 12.3 Å². The Morgan fingerprint density at radius 3 is 2.62 bits per heavy atom. The summed E-state index contributed by atoms with van der Waals surface area (Å²) in [5, 5.41) is 11.2. The summed E-state index contributed by atoms with van der Waals surface area (Å²) in [6.07, 6.45) is 0.805. The van der Waals surface area contributed by atoms with Crippen LogP contribution in [0, 0.1) is 11.8 Å². The van der Waals surface area contributed by atoms with E-state index in [-0.39, 0.29) is 18.4 Å². The number of hydrogen-bond acceptors (Lipinski definition) is 4. The van der Waals surface area contributed by atoms with Crippen molar-refractivity contribution in [2.45, 2.75) is 20.3 Å². The summed E-state index contributed by atoms with van der Waals surface area (Å²) in [6.45, 7) is 5.72. The maximum Gasteiger partial charge on any atom is 0.224 e. The first kappa shape index (κ1) is 15.3. The van der Waals surface area contributed by atoms with Gasteiger partial charge in [-0.2, -0.15) is 0 Å². The van der Waals surface area contributed by atoms with Crippen LogP contribution in [0.3, 0.4) is 0 Å². The van der Waals surface area contributed by atoms with Gasteiger partial charge in [0.05, 0.1) is 25.7 Å². The lowest BCUT2D eigenvalue weighted by atomic mass is 9.96. The molecule has 1 unspecified atom stereocenters. The minimum Gasteiger partial charge on any atom is -0.394 e. The smallest absolute Gasteiger partial charge is 0.224 e. The number of carbonyl (C=O) groups excluding carboxylic acids is 1. The fourth-order valence-corrected chi connectivity index (χ4v) is 1.44. The topological polar surface area (TPSA) is 84.6 Å². The van der Waals surface area contributed by atoms with Crippen molar-refractivity contribution >= 4 is 5.91 Å². The first-order valence-corrected chi connectivity index (χ1v) is 5.78. The first-order chi connectivity index (χ1) is 7.61. The predicted molar refractivity (Wildman–Crippen MR) is 62.9 cm³/mol. The van der Waals surface area contributed by atoms with Gasteiger partial charge in [0.25, 0.3) is 0 Å². The number of nitrogens with one attached hydrogen (secondary N) is 1. The number of amides is 1. The summed E-state index contributed by atoms with van der Waals surface area (Å²) in [7, 11) is 0. The van der Waals surface area contributed by atoms with Gasteiger partial charge in [-0.15, -0.1) is 0 Å². The van der Waals surface area contributed by atoms with Gasteiger partial charge in [-0.1, -0.05) is 13.8 Å². The van der Waals surface area contributed by atoms with E-state index in [9.17, 15) is 4.79 Å². The molecule has 0 aromatic heterocycles. The standard InChI is InChI=1S/C11H24N2O3/c1-9(2)7-10(8-12)11(15)13-3-5-16-6-4-14/h9-10,14H,3-8,12H2,1-2H3,(H,13,15). The molecule has 0 aliphatic heterocycles. The fourth-order valence-electron chi connectivity index (χ4n) is 1.44. The molecule has 0 radical (unpaired) electrons. The molecule has 0 aliphatic carbocycles.